The third-order valence-corrected chi connectivity index (χ3v) is 4.78. The molecule has 2 heteroatoms. The van der Waals surface area contributed by atoms with Crippen LogP contribution in [0.3, 0.4) is 0 Å². The van der Waals surface area contributed by atoms with Gasteiger partial charge in [0, 0.05) is 0 Å². The van der Waals surface area contributed by atoms with E-state index in [0.29, 0.717) is 17.3 Å². The fraction of sp³-hybridized carbons (Fsp3) is 0.667. The average Bonchev–Trinajstić information content (AvgIpc) is 2.40. The molecule has 1 aliphatic rings. The first-order valence-electron chi connectivity index (χ1n) is 7.76. The van der Waals surface area contributed by atoms with Crippen LogP contribution in [-0.2, 0) is 0 Å². The van der Waals surface area contributed by atoms with Crippen molar-refractivity contribution in [2.24, 2.45) is 11.3 Å². The van der Waals surface area contributed by atoms with Crippen molar-refractivity contribution in [3.63, 3.8) is 0 Å². The van der Waals surface area contributed by atoms with E-state index in [0.717, 1.165) is 12.3 Å². The Hall–Kier alpha value is -1.02. The predicted octanol–water partition coefficient (Wildman–Crippen LogP) is 4.13. The van der Waals surface area contributed by atoms with E-state index in [-0.39, 0.29) is 0 Å². The first-order chi connectivity index (χ1) is 9.46. The molecule has 2 unspecified atom stereocenters. The second kappa shape index (κ2) is 6.17. The molecular weight excluding hydrogens is 246 g/mol. The number of hydrogen-bond acceptors (Lipinski definition) is 2. The first kappa shape index (κ1) is 15.4. The van der Waals surface area contributed by atoms with Crippen molar-refractivity contribution >= 4 is 0 Å². The molecule has 0 heterocycles. The molecule has 2 nitrogen and oxygen atoms in total. The number of rotatable bonds is 4. The lowest BCUT2D eigenvalue weighted by atomic mass is 9.65. The molecule has 0 aliphatic heterocycles. The van der Waals surface area contributed by atoms with Crippen LogP contribution in [0.5, 0.6) is 5.75 Å². The van der Waals surface area contributed by atoms with Crippen LogP contribution >= 0.6 is 0 Å². The molecule has 1 aromatic rings. The molecule has 1 fully saturated rings. The zero-order valence-corrected chi connectivity index (χ0v) is 13.6. The van der Waals surface area contributed by atoms with Crippen LogP contribution in [0.4, 0.5) is 0 Å². The SMILES string of the molecule is CNCC1CCC(C)(C)CC1c1cc(C)ccc1OC. The summed E-state index contributed by atoms with van der Waals surface area (Å²) in [4.78, 5) is 0. The summed E-state index contributed by atoms with van der Waals surface area (Å²) >= 11 is 0. The van der Waals surface area contributed by atoms with E-state index in [1.807, 2.05) is 0 Å². The Morgan fingerprint density at radius 3 is 2.75 bits per heavy atom. The third kappa shape index (κ3) is 3.35. The molecule has 1 aliphatic carbocycles. The van der Waals surface area contributed by atoms with E-state index in [1.165, 1.54) is 30.4 Å². The van der Waals surface area contributed by atoms with Gasteiger partial charge in [0.15, 0.2) is 0 Å². The molecule has 0 radical (unpaired) electrons. The quantitative estimate of drug-likeness (QED) is 0.892. The second-order valence-corrected chi connectivity index (χ2v) is 7.08. The Morgan fingerprint density at radius 1 is 1.35 bits per heavy atom. The van der Waals surface area contributed by atoms with Gasteiger partial charge in [-0.2, -0.15) is 0 Å². The molecule has 0 saturated heterocycles. The molecule has 20 heavy (non-hydrogen) atoms. The second-order valence-electron chi connectivity index (χ2n) is 7.08. The lowest BCUT2D eigenvalue weighted by Crippen LogP contribution is -2.34. The normalized spacial score (nSPS) is 25.4. The maximum Gasteiger partial charge on any atom is 0.122 e. The van der Waals surface area contributed by atoms with Crippen LogP contribution in [0.2, 0.25) is 0 Å². The summed E-state index contributed by atoms with van der Waals surface area (Å²) < 4.78 is 5.63. The van der Waals surface area contributed by atoms with E-state index in [1.54, 1.807) is 7.11 Å². The average molecular weight is 275 g/mol. The fourth-order valence-corrected chi connectivity index (χ4v) is 3.66. The number of aryl methyl sites for hydroxylation is 1. The Kier molecular flexibility index (Phi) is 4.74. The van der Waals surface area contributed by atoms with Gasteiger partial charge in [0.2, 0.25) is 0 Å². The van der Waals surface area contributed by atoms with Gasteiger partial charge in [0.25, 0.3) is 0 Å². The van der Waals surface area contributed by atoms with Crippen LogP contribution in [0.15, 0.2) is 18.2 Å². The minimum Gasteiger partial charge on any atom is -0.496 e. The van der Waals surface area contributed by atoms with Gasteiger partial charge in [-0.1, -0.05) is 31.5 Å². The summed E-state index contributed by atoms with van der Waals surface area (Å²) in [6.45, 7) is 8.07. The number of benzene rings is 1. The van der Waals surface area contributed by atoms with Crippen molar-refractivity contribution in [3.05, 3.63) is 29.3 Å². The Bertz CT molecular complexity index is 453. The molecule has 2 rings (SSSR count). The number of hydrogen-bond donors (Lipinski definition) is 1. The van der Waals surface area contributed by atoms with Crippen molar-refractivity contribution in [1.82, 2.24) is 5.32 Å². The van der Waals surface area contributed by atoms with Gasteiger partial charge in [0.1, 0.15) is 5.75 Å². The van der Waals surface area contributed by atoms with Crippen molar-refractivity contribution in [1.29, 1.82) is 0 Å². The summed E-state index contributed by atoms with van der Waals surface area (Å²) in [6, 6.07) is 6.60. The van der Waals surface area contributed by atoms with E-state index < -0.39 is 0 Å². The molecule has 1 saturated carbocycles. The summed E-state index contributed by atoms with van der Waals surface area (Å²) in [5.74, 6) is 2.36. The van der Waals surface area contributed by atoms with Crippen LogP contribution in [0.25, 0.3) is 0 Å². The van der Waals surface area contributed by atoms with Crippen molar-refractivity contribution in [2.75, 3.05) is 20.7 Å². The lowest BCUT2D eigenvalue weighted by Gasteiger charge is -2.41. The molecular formula is C18H29NO. The van der Waals surface area contributed by atoms with Gasteiger partial charge in [-0.05, 0) is 68.7 Å². The predicted molar refractivity (Wildman–Crippen MR) is 85.5 cm³/mol. The molecule has 0 spiro atoms. The molecule has 0 amide bonds. The zero-order valence-electron chi connectivity index (χ0n) is 13.6. The highest BCUT2D eigenvalue weighted by Crippen LogP contribution is 2.48. The number of methoxy groups -OCH3 is 1. The van der Waals surface area contributed by atoms with Crippen LogP contribution in [0, 0.1) is 18.3 Å². The fourth-order valence-electron chi connectivity index (χ4n) is 3.66. The molecule has 112 valence electrons. The Labute approximate surface area is 123 Å². The standard InChI is InChI=1S/C18H29NO/c1-13-6-7-17(20-5)15(10-13)16-11-18(2,3)9-8-14(16)12-19-4/h6-7,10,14,16,19H,8-9,11-12H2,1-5H3. The van der Waals surface area contributed by atoms with Gasteiger partial charge in [0.05, 0.1) is 7.11 Å². The monoisotopic (exact) mass is 275 g/mol. The topological polar surface area (TPSA) is 21.3 Å². The lowest BCUT2D eigenvalue weighted by molar-refractivity contribution is 0.159. The van der Waals surface area contributed by atoms with Crippen molar-refractivity contribution < 1.29 is 4.74 Å². The highest BCUT2D eigenvalue weighted by molar-refractivity contribution is 5.40. The van der Waals surface area contributed by atoms with E-state index in [2.05, 4.69) is 51.3 Å². The third-order valence-electron chi connectivity index (χ3n) is 4.78. The smallest absolute Gasteiger partial charge is 0.122 e. The largest absolute Gasteiger partial charge is 0.496 e. The van der Waals surface area contributed by atoms with Gasteiger partial charge < -0.3 is 10.1 Å². The first-order valence-corrected chi connectivity index (χ1v) is 7.76. The minimum absolute atomic E-state index is 0.434. The number of ether oxygens (including phenoxy) is 1. The highest BCUT2D eigenvalue weighted by Gasteiger charge is 2.36. The minimum atomic E-state index is 0.434. The molecule has 2 atom stereocenters. The summed E-state index contributed by atoms with van der Waals surface area (Å²) in [5, 5.41) is 3.38. The van der Waals surface area contributed by atoms with Gasteiger partial charge >= 0.3 is 0 Å². The summed E-state index contributed by atoms with van der Waals surface area (Å²) in [5.41, 5.74) is 3.16. The van der Waals surface area contributed by atoms with E-state index >= 15 is 0 Å². The van der Waals surface area contributed by atoms with Gasteiger partial charge in [-0.25, -0.2) is 0 Å². The zero-order chi connectivity index (χ0) is 14.8. The Balaban J connectivity index is 2.36. The van der Waals surface area contributed by atoms with Gasteiger partial charge in [-0.15, -0.1) is 0 Å². The van der Waals surface area contributed by atoms with Crippen LogP contribution < -0.4 is 10.1 Å². The molecule has 1 N–H and O–H groups in total. The van der Waals surface area contributed by atoms with E-state index in [9.17, 15) is 0 Å². The van der Waals surface area contributed by atoms with Crippen LogP contribution in [-0.4, -0.2) is 20.7 Å². The van der Waals surface area contributed by atoms with Gasteiger partial charge in [-0.3, -0.25) is 0 Å². The maximum absolute atomic E-state index is 5.63. The molecule has 0 aromatic heterocycles. The molecule has 1 aromatic carbocycles. The van der Waals surface area contributed by atoms with Crippen molar-refractivity contribution in [2.45, 2.75) is 46.0 Å². The summed E-state index contributed by atoms with van der Waals surface area (Å²) in [6.07, 6.45) is 3.87. The summed E-state index contributed by atoms with van der Waals surface area (Å²) in [7, 11) is 3.85. The maximum atomic E-state index is 5.63. The highest BCUT2D eigenvalue weighted by atomic mass is 16.5. The van der Waals surface area contributed by atoms with Crippen molar-refractivity contribution in [3.8, 4) is 5.75 Å². The van der Waals surface area contributed by atoms with Crippen LogP contribution in [0.1, 0.15) is 50.2 Å². The number of nitrogens with one attached hydrogen (secondary N) is 1. The Morgan fingerprint density at radius 2 is 2.10 bits per heavy atom. The van der Waals surface area contributed by atoms with E-state index in [4.69, 9.17) is 4.74 Å². The molecule has 0 bridgehead atoms.